The molecular weight excluding hydrogens is 435 g/mol. The monoisotopic (exact) mass is 465 g/mol. The van der Waals surface area contributed by atoms with Gasteiger partial charge in [-0.2, -0.15) is 4.57 Å². The largest absolute Gasteiger partial charge is 0.466 e. The van der Waals surface area contributed by atoms with Crippen LogP contribution in [0.3, 0.4) is 0 Å². The molecule has 174 valence electrons. The summed E-state index contributed by atoms with van der Waals surface area (Å²) in [6, 6.07) is 19.4. The SMILES string of the molecule is [2H]C([2H])(c1cc(-c2c(C)ccc3c2oc2c([N+]#[C-])cc(-c4ccccc4)cc23)[n+](C)cc1F)C(C)(C)C. The van der Waals surface area contributed by atoms with Gasteiger partial charge in [-0.05, 0) is 47.5 Å². The van der Waals surface area contributed by atoms with E-state index in [2.05, 4.69) is 4.85 Å². The third kappa shape index (κ3) is 4.08. The minimum absolute atomic E-state index is 0.00817. The number of hydrogen-bond donors (Lipinski definition) is 0. The molecule has 0 amide bonds. The summed E-state index contributed by atoms with van der Waals surface area (Å²) in [5, 5.41) is 1.68. The Morgan fingerprint density at radius 2 is 1.74 bits per heavy atom. The lowest BCUT2D eigenvalue weighted by Gasteiger charge is -2.18. The molecule has 2 heterocycles. The minimum Gasteiger partial charge on any atom is -0.466 e. The van der Waals surface area contributed by atoms with Crippen LogP contribution in [0.2, 0.25) is 0 Å². The molecule has 0 spiro atoms. The van der Waals surface area contributed by atoms with Gasteiger partial charge >= 0.3 is 0 Å². The first-order valence-electron chi connectivity index (χ1n) is 12.6. The van der Waals surface area contributed by atoms with Gasteiger partial charge in [-0.1, -0.05) is 63.2 Å². The molecule has 0 unspecified atom stereocenters. The number of benzene rings is 3. The zero-order valence-corrected chi connectivity index (χ0v) is 20.5. The van der Waals surface area contributed by atoms with Crippen LogP contribution in [0, 0.1) is 24.7 Å². The van der Waals surface area contributed by atoms with Gasteiger partial charge in [0.05, 0.1) is 12.1 Å². The van der Waals surface area contributed by atoms with E-state index in [4.69, 9.17) is 13.7 Å². The molecule has 0 saturated carbocycles. The highest BCUT2D eigenvalue weighted by molar-refractivity contribution is 6.14. The maximum atomic E-state index is 15.1. The highest BCUT2D eigenvalue weighted by atomic mass is 19.1. The first-order chi connectivity index (χ1) is 17.4. The van der Waals surface area contributed by atoms with Gasteiger partial charge < -0.3 is 4.42 Å². The number of halogens is 1. The number of rotatable bonds is 3. The van der Waals surface area contributed by atoms with Crippen LogP contribution in [0.5, 0.6) is 0 Å². The Labute approximate surface area is 208 Å². The van der Waals surface area contributed by atoms with E-state index < -0.39 is 17.6 Å². The maximum absolute atomic E-state index is 15.1. The Morgan fingerprint density at radius 3 is 2.43 bits per heavy atom. The molecule has 5 rings (SSSR count). The summed E-state index contributed by atoms with van der Waals surface area (Å²) >= 11 is 0. The molecule has 0 bridgehead atoms. The van der Waals surface area contributed by atoms with E-state index in [-0.39, 0.29) is 5.56 Å². The molecule has 0 N–H and O–H groups in total. The molecule has 0 saturated heterocycles. The average molecular weight is 466 g/mol. The highest BCUT2D eigenvalue weighted by Crippen LogP contribution is 2.42. The highest BCUT2D eigenvalue weighted by Gasteiger charge is 2.25. The summed E-state index contributed by atoms with van der Waals surface area (Å²) in [7, 11) is 1.74. The van der Waals surface area contributed by atoms with Crippen molar-refractivity contribution in [2.24, 2.45) is 12.5 Å². The maximum Gasteiger partial charge on any atom is 0.230 e. The second-order valence-electron chi connectivity index (χ2n) is 9.99. The molecule has 5 aromatic rings. The van der Waals surface area contributed by atoms with Crippen molar-refractivity contribution in [3.05, 3.63) is 95.2 Å². The standard InChI is InChI=1S/C31H28FN2O/c1-19-12-13-23-24-14-21(20-10-8-7-9-11-20)15-26(33-5)29(24)35-30(23)28(19)27-16-22(17-31(2,3)4)25(32)18-34(27)6/h7-16,18H,17H2,1-4,6H3/q+1/i17D2. The Bertz CT molecular complexity index is 1720. The molecule has 35 heavy (non-hydrogen) atoms. The molecule has 2 aromatic heterocycles. The van der Waals surface area contributed by atoms with E-state index in [9.17, 15) is 0 Å². The van der Waals surface area contributed by atoms with Gasteiger partial charge in [0.1, 0.15) is 18.2 Å². The molecule has 0 aliphatic heterocycles. The number of pyridine rings is 1. The fourth-order valence-corrected chi connectivity index (χ4v) is 4.59. The van der Waals surface area contributed by atoms with Crippen LogP contribution in [-0.4, -0.2) is 0 Å². The van der Waals surface area contributed by atoms with E-state index in [0.29, 0.717) is 22.5 Å². The van der Waals surface area contributed by atoms with Gasteiger partial charge in [-0.15, -0.1) is 0 Å². The van der Waals surface area contributed by atoms with Crippen molar-refractivity contribution in [2.45, 2.75) is 34.1 Å². The summed E-state index contributed by atoms with van der Waals surface area (Å²) < 4.78 is 40.6. The van der Waals surface area contributed by atoms with Crippen LogP contribution in [0.25, 0.3) is 49.2 Å². The second kappa shape index (κ2) is 8.36. The van der Waals surface area contributed by atoms with E-state index in [1.807, 2.05) is 61.5 Å². The zero-order valence-electron chi connectivity index (χ0n) is 22.5. The summed E-state index contributed by atoms with van der Waals surface area (Å²) in [5.74, 6) is -0.594. The van der Waals surface area contributed by atoms with Crippen LogP contribution in [0.4, 0.5) is 10.1 Å². The van der Waals surface area contributed by atoms with Crippen molar-refractivity contribution in [2.75, 3.05) is 0 Å². The van der Waals surface area contributed by atoms with Crippen LogP contribution < -0.4 is 4.57 Å². The smallest absolute Gasteiger partial charge is 0.230 e. The number of hydrogen-bond acceptors (Lipinski definition) is 1. The second-order valence-corrected chi connectivity index (χ2v) is 9.99. The van der Waals surface area contributed by atoms with Crippen LogP contribution in [-0.2, 0) is 13.4 Å². The Kier molecular flexibility index (Phi) is 4.87. The van der Waals surface area contributed by atoms with Crippen LogP contribution >= 0.6 is 0 Å². The number of nitrogens with zero attached hydrogens (tertiary/aromatic N) is 2. The van der Waals surface area contributed by atoms with E-state index in [1.54, 1.807) is 38.5 Å². The Balaban J connectivity index is 1.83. The summed E-state index contributed by atoms with van der Waals surface area (Å²) in [6.45, 7) is 15.1. The van der Waals surface area contributed by atoms with E-state index in [1.165, 1.54) is 6.20 Å². The molecule has 0 fully saturated rings. The van der Waals surface area contributed by atoms with Gasteiger partial charge in [0.25, 0.3) is 0 Å². The lowest BCUT2D eigenvalue weighted by atomic mass is 9.87. The molecule has 3 nitrogen and oxygen atoms in total. The summed E-state index contributed by atoms with van der Waals surface area (Å²) in [6.07, 6.45) is -0.579. The third-order valence-corrected chi connectivity index (χ3v) is 6.15. The summed E-state index contributed by atoms with van der Waals surface area (Å²) in [5.41, 5.74) is 4.94. The van der Waals surface area contributed by atoms with Gasteiger partial charge in [0.15, 0.2) is 5.82 Å². The van der Waals surface area contributed by atoms with Gasteiger partial charge in [-0.25, -0.2) is 9.24 Å². The number of fused-ring (bicyclic) bond motifs is 3. The third-order valence-electron chi connectivity index (χ3n) is 6.15. The minimum atomic E-state index is -1.91. The average Bonchev–Trinajstić information content (AvgIpc) is 3.22. The molecule has 0 radical (unpaired) electrons. The topological polar surface area (TPSA) is 21.4 Å². The van der Waals surface area contributed by atoms with E-state index >= 15 is 4.39 Å². The van der Waals surface area contributed by atoms with Gasteiger partial charge in [0.2, 0.25) is 17.6 Å². The summed E-state index contributed by atoms with van der Waals surface area (Å²) in [4.78, 5) is 3.76. The fraction of sp³-hybridized carbons (Fsp3) is 0.226. The predicted octanol–water partition coefficient (Wildman–Crippen LogP) is 8.33. The molecule has 0 aliphatic carbocycles. The molecule has 0 atom stereocenters. The van der Waals surface area contributed by atoms with Gasteiger partial charge in [0, 0.05) is 25.1 Å². The normalized spacial score (nSPS) is 13.1. The first-order valence-corrected chi connectivity index (χ1v) is 11.6. The van der Waals surface area contributed by atoms with Crippen molar-refractivity contribution in [1.82, 2.24) is 0 Å². The van der Waals surface area contributed by atoms with Crippen LogP contribution in [0.1, 0.15) is 34.6 Å². The lowest BCUT2D eigenvalue weighted by molar-refractivity contribution is -0.662. The number of aryl methyl sites for hydroxylation is 2. The van der Waals surface area contributed by atoms with Crippen LogP contribution in [0.15, 0.2) is 71.3 Å². The Hall–Kier alpha value is -3.97. The molecule has 0 aliphatic rings. The Morgan fingerprint density at radius 1 is 1.00 bits per heavy atom. The predicted molar refractivity (Wildman–Crippen MR) is 140 cm³/mol. The van der Waals surface area contributed by atoms with Crippen molar-refractivity contribution < 1.29 is 16.1 Å². The van der Waals surface area contributed by atoms with Crippen molar-refractivity contribution >= 4 is 27.6 Å². The number of furan rings is 1. The first kappa shape index (κ1) is 20.4. The molecule has 3 aromatic carbocycles. The zero-order chi connectivity index (χ0) is 26.7. The van der Waals surface area contributed by atoms with Crippen molar-refractivity contribution in [1.29, 1.82) is 0 Å². The fourth-order valence-electron chi connectivity index (χ4n) is 4.59. The van der Waals surface area contributed by atoms with Crippen molar-refractivity contribution in [3.8, 4) is 22.4 Å². The van der Waals surface area contributed by atoms with E-state index in [0.717, 1.165) is 33.0 Å². The molecular formula is C31H28FN2O+. The van der Waals surface area contributed by atoms with Crippen molar-refractivity contribution in [3.63, 3.8) is 0 Å². The molecule has 4 heteroatoms. The lowest BCUT2D eigenvalue weighted by Crippen LogP contribution is -2.32. The quantitative estimate of drug-likeness (QED) is 0.194. The number of aromatic nitrogens is 1. The van der Waals surface area contributed by atoms with Gasteiger partial charge in [-0.3, -0.25) is 0 Å².